The summed E-state index contributed by atoms with van der Waals surface area (Å²) in [5.74, 6) is -1.41. The Morgan fingerprint density at radius 1 is 1.35 bits per heavy atom. The first-order valence-corrected chi connectivity index (χ1v) is 9.03. The third-order valence-corrected chi connectivity index (χ3v) is 6.19. The monoisotopic (exact) mass is 382 g/mol. The SMILES string of the molecule is C=C(COC)c1cc(NC(=O)C(C)(C)S(=O)(=O)c2ccc(F)cc2)on1. The molecule has 0 atom stereocenters. The maximum atomic E-state index is 13.0. The minimum absolute atomic E-state index is 0.0235. The number of amides is 1. The number of rotatable bonds is 7. The van der Waals surface area contributed by atoms with Gasteiger partial charge in [0.1, 0.15) is 16.3 Å². The van der Waals surface area contributed by atoms with Crippen LogP contribution < -0.4 is 5.32 Å². The molecule has 2 rings (SSSR count). The highest BCUT2D eigenvalue weighted by Crippen LogP contribution is 2.27. The number of sulfone groups is 1. The molecule has 1 N–H and O–H groups in total. The topological polar surface area (TPSA) is 98.5 Å². The van der Waals surface area contributed by atoms with Crippen LogP contribution in [0, 0.1) is 5.82 Å². The van der Waals surface area contributed by atoms with Crippen molar-refractivity contribution in [3.05, 3.63) is 48.4 Å². The van der Waals surface area contributed by atoms with Crippen LogP contribution in [-0.2, 0) is 19.4 Å². The number of carbonyl (C=O) groups excluding carboxylic acids is 1. The molecule has 1 amide bonds. The molecule has 0 radical (unpaired) electrons. The third kappa shape index (κ3) is 3.83. The zero-order chi connectivity index (χ0) is 19.5. The first kappa shape index (κ1) is 19.8. The number of halogens is 1. The number of methoxy groups -OCH3 is 1. The van der Waals surface area contributed by atoms with E-state index in [1.165, 1.54) is 27.0 Å². The summed E-state index contributed by atoms with van der Waals surface area (Å²) in [6.45, 7) is 6.49. The zero-order valence-electron chi connectivity index (χ0n) is 14.6. The number of anilines is 1. The Labute approximate surface area is 150 Å². The van der Waals surface area contributed by atoms with Crippen LogP contribution >= 0.6 is 0 Å². The molecule has 0 spiro atoms. The summed E-state index contributed by atoms with van der Waals surface area (Å²) in [7, 11) is -2.57. The van der Waals surface area contributed by atoms with Crippen LogP contribution in [0.5, 0.6) is 0 Å². The van der Waals surface area contributed by atoms with E-state index in [-0.39, 0.29) is 17.4 Å². The molecule has 0 aliphatic rings. The van der Waals surface area contributed by atoms with Gasteiger partial charge in [0, 0.05) is 13.2 Å². The van der Waals surface area contributed by atoms with E-state index in [1.807, 2.05) is 0 Å². The second-order valence-electron chi connectivity index (χ2n) is 6.03. The van der Waals surface area contributed by atoms with Gasteiger partial charge in [-0.05, 0) is 43.7 Å². The molecule has 7 nitrogen and oxygen atoms in total. The van der Waals surface area contributed by atoms with Crippen molar-refractivity contribution in [1.82, 2.24) is 5.16 Å². The van der Waals surface area contributed by atoms with Gasteiger partial charge >= 0.3 is 0 Å². The van der Waals surface area contributed by atoms with E-state index >= 15 is 0 Å². The molecule has 0 unspecified atom stereocenters. The number of nitrogens with zero attached hydrogens (tertiary/aromatic N) is 1. The number of carbonyl (C=O) groups is 1. The Bertz CT molecular complexity index is 917. The van der Waals surface area contributed by atoms with Crippen molar-refractivity contribution in [1.29, 1.82) is 0 Å². The molecule has 1 aromatic heterocycles. The number of hydrogen-bond acceptors (Lipinski definition) is 6. The highest BCUT2D eigenvalue weighted by molar-refractivity contribution is 7.93. The minimum Gasteiger partial charge on any atom is -0.380 e. The summed E-state index contributed by atoms with van der Waals surface area (Å²) in [4.78, 5) is 12.4. The number of ether oxygens (including phenoxy) is 1. The van der Waals surface area contributed by atoms with Gasteiger partial charge in [-0.3, -0.25) is 10.1 Å². The van der Waals surface area contributed by atoms with Crippen LogP contribution in [0.4, 0.5) is 10.3 Å². The van der Waals surface area contributed by atoms with Crippen molar-refractivity contribution in [2.45, 2.75) is 23.5 Å². The highest BCUT2D eigenvalue weighted by Gasteiger charge is 2.43. The van der Waals surface area contributed by atoms with E-state index in [0.29, 0.717) is 11.3 Å². The number of nitrogens with one attached hydrogen (secondary N) is 1. The molecule has 0 saturated heterocycles. The second kappa shape index (κ2) is 7.38. The predicted molar refractivity (Wildman–Crippen MR) is 93.7 cm³/mol. The van der Waals surface area contributed by atoms with Gasteiger partial charge in [0.2, 0.25) is 11.8 Å². The van der Waals surface area contributed by atoms with E-state index in [0.717, 1.165) is 24.3 Å². The van der Waals surface area contributed by atoms with Gasteiger partial charge in [-0.2, -0.15) is 0 Å². The Kier molecular flexibility index (Phi) is 5.62. The lowest BCUT2D eigenvalue weighted by molar-refractivity contribution is -0.118. The largest absolute Gasteiger partial charge is 0.380 e. The number of hydrogen-bond donors (Lipinski definition) is 1. The Balaban J connectivity index is 2.22. The fourth-order valence-electron chi connectivity index (χ4n) is 2.04. The maximum Gasteiger partial charge on any atom is 0.248 e. The van der Waals surface area contributed by atoms with E-state index in [9.17, 15) is 17.6 Å². The van der Waals surface area contributed by atoms with Crippen LogP contribution in [-0.4, -0.2) is 37.9 Å². The van der Waals surface area contributed by atoms with E-state index in [4.69, 9.17) is 9.26 Å². The number of aromatic nitrogens is 1. The summed E-state index contributed by atoms with van der Waals surface area (Å²) in [6, 6.07) is 5.68. The first-order valence-electron chi connectivity index (χ1n) is 7.55. The predicted octanol–water partition coefficient (Wildman–Crippen LogP) is 2.66. The standard InChI is InChI=1S/C17H19FN2O5S/c1-11(10-24-4)14-9-15(25-20-14)19-16(21)17(2,3)26(22,23)13-7-5-12(18)6-8-13/h5-9H,1,10H2,2-4H3,(H,19,21). The maximum absolute atomic E-state index is 13.0. The van der Waals surface area contributed by atoms with Gasteiger partial charge in [0.15, 0.2) is 9.84 Å². The summed E-state index contributed by atoms with van der Waals surface area (Å²) in [5, 5.41) is 6.12. The van der Waals surface area contributed by atoms with Gasteiger partial charge in [-0.15, -0.1) is 0 Å². The third-order valence-electron chi connectivity index (χ3n) is 3.77. The van der Waals surface area contributed by atoms with Crippen molar-refractivity contribution in [3.63, 3.8) is 0 Å². The van der Waals surface area contributed by atoms with Gasteiger partial charge in [-0.25, -0.2) is 12.8 Å². The fourth-order valence-corrected chi connectivity index (χ4v) is 3.42. The summed E-state index contributed by atoms with van der Waals surface area (Å²) < 4.78 is 46.6. The highest BCUT2D eigenvalue weighted by atomic mass is 32.2. The van der Waals surface area contributed by atoms with Crippen LogP contribution in [0.2, 0.25) is 0 Å². The lowest BCUT2D eigenvalue weighted by Crippen LogP contribution is -2.44. The van der Waals surface area contributed by atoms with Crippen molar-refractivity contribution in [2.24, 2.45) is 0 Å². The molecular formula is C17H19FN2O5S. The van der Waals surface area contributed by atoms with E-state index in [1.54, 1.807) is 0 Å². The Morgan fingerprint density at radius 2 is 1.96 bits per heavy atom. The smallest absolute Gasteiger partial charge is 0.248 e. The zero-order valence-corrected chi connectivity index (χ0v) is 15.4. The number of benzene rings is 1. The van der Waals surface area contributed by atoms with Crippen molar-refractivity contribution < 1.29 is 26.9 Å². The minimum atomic E-state index is -4.07. The molecule has 2 aromatic rings. The summed E-state index contributed by atoms with van der Waals surface area (Å²) >= 11 is 0. The van der Waals surface area contributed by atoms with Gasteiger partial charge in [0.25, 0.3) is 0 Å². The molecular weight excluding hydrogens is 363 g/mol. The van der Waals surface area contributed by atoms with Crippen LogP contribution in [0.1, 0.15) is 19.5 Å². The normalized spacial score (nSPS) is 12.0. The molecule has 0 aliphatic carbocycles. The molecule has 0 saturated carbocycles. The Morgan fingerprint density at radius 3 is 2.54 bits per heavy atom. The molecule has 9 heteroatoms. The summed E-state index contributed by atoms with van der Waals surface area (Å²) in [6.07, 6.45) is 0. The van der Waals surface area contributed by atoms with Crippen molar-refractivity contribution in [2.75, 3.05) is 19.0 Å². The van der Waals surface area contributed by atoms with Crippen LogP contribution in [0.15, 0.2) is 46.3 Å². The van der Waals surface area contributed by atoms with Gasteiger partial charge in [0.05, 0.1) is 11.5 Å². The molecule has 26 heavy (non-hydrogen) atoms. The molecule has 0 fully saturated rings. The van der Waals surface area contributed by atoms with Crippen molar-refractivity contribution in [3.8, 4) is 0 Å². The Hall–Kier alpha value is -2.52. The average molecular weight is 382 g/mol. The molecule has 0 bridgehead atoms. The van der Waals surface area contributed by atoms with Crippen LogP contribution in [0.3, 0.4) is 0 Å². The molecule has 140 valence electrons. The van der Waals surface area contributed by atoms with E-state index < -0.39 is 26.3 Å². The lowest BCUT2D eigenvalue weighted by Gasteiger charge is -2.23. The second-order valence-corrected chi connectivity index (χ2v) is 8.53. The van der Waals surface area contributed by atoms with Crippen molar-refractivity contribution >= 4 is 27.2 Å². The first-order chi connectivity index (χ1) is 12.1. The average Bonchev–Trinajstić information content (AvgIpc) is 3.04. The molecule has 0 aliphatic heterocycles. The van der Waals surface area contributed by atoms with Gasteiger partial charge < -0.3 is 9.26 Å². The molecule has 1 heterocycles. The van der Waals surface area contributed by atoms with E-state index in [2.05, 4.69) is 17.1 Å². The van der Waals surface area contributed by atoms with Crippen LogP contribution in [0.25, 0.3) is 5.57 Å². The lowest BCUT2D eigenvalue weighted by atomic mass is 10.2. The summed E-state index contributed by atoms with van der Waals surface area (Å²) in [5.41, 5.74) is 0.913. The van der Waals surface area contributed by atoms with Gasteiger partial charge in [-0.1, -0.05) is 11.7 Å². The quantitative estimate of drug-likeness (QED) is 0.739. The molecule has 1 aromatic carbocycles. The fraction of sp³-hybridized carbons (Fsp3) is 0.294.